The maximum Gasteiger partial charge on any atom is 0.326 e. The number of carbonyl (C=O) groups is 1. The van der Waals surface area contributed by atoms with E-state index in [2.05, 4.69) is 4.98 Å². The quantitative estimate of drug-likeness (QED) is 0.194. The molecule has 2 aromatic carbocycles. The summed E-state index contributed by atoms with van der Waals surface area (Å²) in [5.41, 5.74) is 4.90. The van der Waals surface area contributed by atoms with Gasteiger partial charge in [0.1, 0.15) is 18.3 Å². The van der Waals surface area contributed by atoms with Crippen molar-refractivity contribution in [1.82, 2.24) is 9.55 Å². The van der Waals surface area contributed by atoms with Crippen LogP contribution in [0.2, 0.25) is 5.15 Å². The van der Waals surface area contributed by atoms with Crippen LogP contribution >= 0.6 is 11.6 Å². The average molecular weight is 494 g/mol. The van der Waals surface area contributed by atoms with Gasteiger partial charge in [-0.05, 0) is 59.0 Å². The summed E-state index contributed by atoms with van der Waals surface area (Å²) in [6.07, 6.45) is 2.00. The Hall–Kier alpha value is -3.26. The van der Waals surface area contributed by atoms with E-state index in [1.54, 1.807) is 30.5 Å². The van der Waals surface area contributed by atoms with Gasteiger partial charge >= 0.3 is 5.97 Å². The summed E-state index contributed by atoms with van der Waals surface area (Å²) in [5, 5.41) is 0.336. The molecule has 6 nitrogen and oxygen atoms in total. The molecule has 0 spiro atoms. The van der Waals surface area contributed by atoms with Gasteiger partial charge in [-0.25, -0.2) is 4.98 Å². The first kappa shape index (κ1) is 23.9. The highest BCUT2D eigenvalue weighted by molar-refractivity contribution is 7.79. The smallest absolute Gasteiger partial charge is 0.326 e. The number of ether oxygens (including phenoxy) is 1. The molecule has 0 saturated carbocycles. The number of carbonyl (C=O) groups excluding carboxylic acids is 1. The molecular formula is C26H22ClN2O4S-. The first-order valence-electron chi connectivity index (χ1n) is 10.6. The predicted octanol–water partition coefficient (Wildman–Crippen LogP) is 5.08. The first-order chi connectivity index (χ1) is 16.4. The van der Waals surface area contributed by atoms with Crippen molar-refractivity contribution in [2.24, 2.45) is 0 Å². The van der Waals surface area contributed by atoms with Gasteiger partial charge in [-0.3, -0.25) is 9.00 Å². The minimum Gasteiger partial charge on any atom is -0.768 e. The molecule has 0 amide bonds. The zero-order valence-corrected chi connectivity index (χ0v) is 20.0. The van der Waals surface area contributed by atoms with E-state index in [9.17, 15) is 13.6 Å². The van der Waals surface area contributed by atoms with E-state index in [1.165, 1.54) is 0 Å². The zero-order valence-electron chi connectivity index (χ0n) is 18.4. The van der Waals surface area contributed by atoms with Gasteiger partial charge in [-0.2, -0.15) is 0 Å². The molecule has 4 aromatic rings. The monoisotopic (exact) mass is 493 g/mol. The third-order valence-electron chi connectivity index (χ3n) is 5.56. The summed E-state index contributed by atoms with van der Waals surface area (Å²) in [6.45, 7) is 2.10. The Morgan fingerprint density at radius 1 is 1.06 bits per heavy atom. The van der Waals surface area contributed by atoms with E-state index in [1.807, 2.05) is 60.0 Å². The highest BCUT2D eigenvalue weighted by Gasteiger charge is 2.18. The number of hydrogen-bond donors (Lipinski definition) is 0. The molecule has 0 N–H and O–H groups in total. The molecular weight excluding hydrogens is 472 g/mol. The van der Waals surface area contributed by atoms with Gasteiger partial charge in [0.2, 0.25) is 0 Å². The summed E-state index contributed by atoms with van der Waals surface area (Å²) >= 11 is 3.78. The Bertz CT molecular complexity index is 1340. The normalized spacial score (nSPS) is 11.9. The highest BCUT2D eigenvalue weighted by atomic mass is 35.5. The van der Waals surface area contributed by atoms with Crippen molar-refractivity contribution < 1.29 is 18.3 Å². The molecule has 2 heterocycles. The molecule has 0 fully saturated rings. The Morgan fingerprint density at radius 2 is 1.79 bits per heavy atom. The Kier molecular flexibility index (Phi) is 7.57. The summed E-state index contributed by atoms with van der Waals surface area (Å²) in [4.78, 5) is 17.0. The largest absolute Gasteiger partial charge is 0.768 e. The summed E-state index contributed by atoms with van der Waals surface area (Å²) < 4.78 is 30.7. The lowest BCUT2D eigenvalue weighted by Gasteiger charge is -2.13. The molecule has 1 atom stereocenters. The first-order valence-corrected chi connectivity index (χ1v) is 12.1. The predicted molar refractivity (Wildman–Crippen MR) is 130 cm³/mol. The lowest BCUT2D eigenvalue weighted by Crippen LogP contribution is -2.15. The average Bonchev–Trinajstić information content (AvgIpc) is 3.13. The van der Waals surface area contributed by atoms with Crippen molar-refractivity contribution in [3.8, 4) is 11.3 Å². The molecule has 4 rings (SSSR count). The van der Waals surface area contributed by atoms with Crippen LogP contribution in [0.3, 0.4) is 0 Å². The van der Waals surface area contributed by atoms with Crippen LogP contribution in [0.25, 0.3) is 11.3 Å². The van der Waals surface area contributed by atoms with Gasteiger partial charge in [0.05, 0.1) is 0 Å². The minimum absolute atomic E-state index is 0.00305. The Labute approximate surface area is 205 Å². The van der Waals surface area contributed by atoms with Crippen molar-refractivity contribution >= 4 is 28.7 Å². The summed E-state index contributed by atoms with van der Waals surface area (Å²) in [5.74, 6) is -0.378. The van der Waals surface area contributed by atoms with Gasteiger partial charge in [-0.1, -0.05) is 60.1 Å². The van der Waals surface area contributed by atoms with Crippen LogP contribution in [-0.4, -0.2) is 24.3 Å². The van der Waals surface area contributed by atoms with Gasteiger partial charge in [0, 0.05) is 34.5 Å². The lowest BCUT2D eigenvalue weighted by atomic mass is 10.0. The number of rotatable bonds is 8. The molecule has 0 saturated heterocycles. The highest BCUT2D eigenvalue weighted by Crippen LogP contribution is 2.29. The fraction of sp³-hybridized carbons (Fsp3) is 0.154. The van der Waals surface area contributed by atoms with Crippen molar-refractivity contribution in [1.29, 1.82) is 0 Å². The van der Waals surface area contributed by atoms with Crippen molar-refractivity contribution in [2.45, 2.75) is 31.4 Å². The Balaban J connectivity index is 1.66. The van der Waals surface area contributed by atoms with Crippen molar-refractivity contribution in [3.05, 3.63) is 107 Å². The second-order valence-corrected chi connectivity index (χ2v) is 9.06. The van der Waals surface area contributed by atoms with E-state index >= 15 is 0 Å². The number of aromatic nitrogens is 2. The van der Waals surface area contributed by atoms with Crippen LogP contribution in [0.5, 0.6) is 0 Å². The standard InChI is InChI=1S/C26H23ClN2O4S/c1-18-22(13-21-9-5-6-10-24(21)34(31)32)14-23(20-11-12-28-25(27)15-20)29(18)16-26(30)33-17-19-7-3-2-4-8-19/h2-12,14-15H,13,16-17H2,1H3,(H,31,32)/p-1. The number of hydrogen-bond acceptors (Lipinski definition) is 5. The van der Waals surface area contributed by atoms with E-state index in [0.717, 1.165) is 28.1 Å². The van der Waals surface area contributed by atoms with Crippen LogP contribution in [0.4, 0.5) is 0 Å². The molecule has 1 unspecified atom stereocenters. The van der Waals surface area contributed by atoms with Crippen LogP contribution in [-0.2, 0) is 40.2 Å². The van der Waals surface area contributed by atoms with E-state index in [-0.39, 0.29) is 24.0 Å². The van der Waals surface area contributed by atoms with E-state index in [0.29, 0.717) is 17.1 Å². The summed E-state index contributed by atoms with van der Waals surface area (Å²) in [6, 6.07) is 21.9. The number of nitrogens with zero attached hydrogens (tertiary/aromatic N) is 2. The molecule has 0 aliphatic carbocycles. The Morgan fingerprint density at radius 3 is 2.53 bits per heavy atom. The summed E-state index contributed by atoms with van der Waals surface area (Å²) in [7, 11) is 0. The van der Waals surface area contributed by atoms with Gasteiger partial charge in [0.25, 0.3) is 0 Å². The fourth-order valence-electron chi connectivity index (χ4n) is 3.82. The van der Waals surface area contributed by atoms with Gasteiger partial charge in [0.15, 0.2) is 0 Å². The molecule has 174 valence electrons. The molecule has 0 bridgehead atoms. The van der Waals surface area contributed by atoms with Crippen molar-refractivity contribution in [3.63, 3.8) is 0 Å². The SMILES string of the molecule is Cc1c(Cc2ccccc2S(=O)[O-])cc(-c2ccnc(Cl)c2)n1CC(=O)OCc1ccccc1. The molecule has 0 radical (unpaired) electrons. The van der Waals surface area contributed by atoms with Crippen LogP contribution in [0.15, 0.2) is 83.9 Å². The maximum absolute atomic E-state index is 12.7. The third kappa shape index (κ3) is 5.62. The van der Waals surface area contributed by atoms with Crippen LogP contribution in [0, 0.1) is 6.92 Å². The molecule has 2 aromatic heterocycles. The van der Waals surface area contributed by atoms with E-state index < -0.39 is 11.1 Å². The van der Waals surface area contributed by atoms with Crippen LogP contribution < -0.4 is 0 Å². The zero-order chi connectivity index (χ0) is 24.1. The van der Waals surface area contributed by atoms with Crippen LogP contribution in [0.1, 0.15) is 22.4 Å². The molecule has 0 aliphatic rings. The molecule has 34 heavy (non-hydrogen) atoms. The minimum atomic E-state index is -2.35. The maximum atomic E-state index is 12.7. The second-order valence-electron chi connectivity index (χ2n) is 7.76. The topological polar surface area (TPSA) is 84.2 Å². The van der Waals surface area contributed by atoms with E-state index in [4.69, 9.17) is 16.3 Å². The molecule has 8 heteroatoms. The van der Waals surface area contributed by atoms with Gasteiger partial charge < -0.3 is 13.9 Å². The number of halogens is 1. The molecule has 0 aliphatic heterocycles. The number of esters is 1. The lowest BCUT2D eigenvalue weighted by molar-refractivity contribution is -0.145. The second kappa shape index (κ2) is 10.8. The number of pyridine rings is 1. The third-order valence-corrected chi connectivity index (χ3v) is 6.52. The fourth-order valence-corrected chi connectivity index (χ4v) is 4.53. The van der Waals surface area contributed by atoms with Gasteiger partial charge in [-0.15, -0.1) is 0 Å². The number of benzene rings is 2. The van der Waals surface area contributed by atoms with Crippen molar-refractivity contribution in [2.75, 3.05) is 0 Å².